The summed E-state index contributed by atoms with van der Waals surface area (Å²) in [6, 6.07) is 11.8. The number of benzene rings is 2. The van der Waals surface area contributed by atoms with Crippen molar-refractivity contribution in [2.75, 3.05) is 0 Å². The molecule has 2 rings (SSSR count). The highest BCUT2D eigenvalue weighted by atomic mass is 16.6. The molecule has 0 aliphatic carbocycles. The number of Topliss-reactive ketones (excluding diaryl/α,β-unsaturated/α-hetero) is 1. The Labute approximate surface area is 173 Å². The van der Waals surface area contributed by atoms with Gasteiger partial charge in [0.15, 0.2) is 6.10 Å². The van der Waals surface area contributed by atoms with Crippen LogP contribution in [0, 0.1) is 0 Å². The number of fused-ring (bicyclic) bond motifs is 1. The summed E-state index contributed by atoms with van der Waals surface area (Å²) >= 11 is 0. The van der Waals surface area contributed by atoms with Gasteiger partial charge in [-0.25, -0.2) is 14.4 Å². The summed E-state index contributed by atoms with van der Waals surface area (Å²) in [5, 5.41) is 11.8. The first-order valence-electron chi connectivity index (χ1n) is 9.43. The van der Waals surface area contributed by atoms with E-state index in [9.17, 15) is 24.3 Å². The lowest BCUT2D eigenvalue weighted by Gasteiger charge is -2.22. The maximum Gasteiger partial charge on any atom is 0.380 e. The highest BCUT2D eigenvalue weighted by Gasteiger charge is 2.40. The Morgan fingerprint density at radius 1 is 0.767 bits per heavy atom. The maximum absolute atomic E-state index is 12.5. The molecule has 160 valence electrons. The number of ether oxygens (including phenoxy) is 3. The molecule has 0 saturated heterocycles. The first-order valence-corrected chi connectivity index (χ1v) is 9.43. The van der Waals surface area contributed by atoms with Crippen molar-refractivity contribution in [3.63, 3.8) is 0 Å². The van der Waals surface area contributed by atoms with E-state index in [0.717, 1.165) is 10.8 Å². The Morgan fingerprint density at radius 3 is 1.93 bits per heavy atom. The van der Waals surface area contributed by atoms with Crippen LogP contribution in [0.4, 0.5) is 0 Å². The number of rotatable bonds is 8. The van der Waals surface area contributed by atoms with Gasteiger partial charge in [0.1, 0.15) is 0 Å². The molecule has 0 radical (unpaired) electrons. The first kappa shape index (κ1) is 23.0. The summed E-state index contributed by atoms with van der Waals surface area (Å²) in [6.07, 6.45) is -5.38. The zero-order valence-corrected chi connectivity index (χ0v) is 17.2. The molecule has 0 heterocycles. The molecule has 30 heavy (non-hydrogen) atoms. The zero-order valence-electron chi connectivity index (χ0n) is 17.2. The molecule has 0 aromatic heterocycles. The van der Waals surface area contributed by atoms with Gasteiger partial charge >= 0.3 is 17.9 Å². The van der Waals surface area contributed by atoms with Gasteiger partial charge in [-0.2, -0.15) is 0 Å². The molecule has 0 spiro atoms. The van der Waals surface area contributed by atoms with E-state index in [0.29, 0.717) is 0 Å². The second-order valence-corrected chi connectivity index (χ2v) is 7.13. The third kappa shape index (κ3) is 5.87. The van der Waals surface area contributed by atoms with Crippen LogP contribution in [-0.2, 0) is 28.6 Å². The van der Waals surface area contributed by atoms with Gasteiger partial charge in [-0.3, -0.25) is 4.79 Å². The Morgan fingerprint density at radius 2 is 1.33 bits per heavy atom. The fraction of sp³-hybridized carbons (Fsp3) is 0.364. The SMILES string of the molecule is CC(C)OC(=O)[C@H](O)[C@@H](OC(=O)C(=O)c1ccc2ccccc2c1)C(=O)OC(C)C. The predicted molar refractivity (Wildman–Crippen MR) is 107 cm³/mol. The minimum Gasteiger partial charge on any atom is -0.461 e. The van der Waals surface area contributed by atoms with Crippen molar-refractivity contribution in [2.24, 2.45) is 0 Å². The summed E-state index contributed by atoms with van der Waals surface area (Å²) < 4.78 is 14.7. The monoisotopic (exact) mass is 416 g/mol. The molecule has 2 aromatic rings. The molecular formula is C22H24O8. The second kappa shape index (κ2) is 9.98. The van der Waals surface area contributed by atoms with Crippen LogP contribution in [-0.4, -0.2) is 53.2 Å². The Bertz CT molecular complexity index is 947. The molecule has 8 heteroatoms. The van der Waals surface area contributed by atoms with Crippen LogP contribution in [0.2, 0.25) is 0 Å². The molecule has 0 amide bonds. The summed E-state index contributed by atoms with van der Waals surface area (Å²) in [5.41, 5.74) is 0.0360. The van der Waals surface area contributed by atoms with Crippen LogP contribution in [0.15, 0.2) is 42.5 Å². The maximum atomic E-state index is 12.5. The van der Waals surface area contributed by atoms with Crippen molar-refractivity contribution in [1.82, 2.24) is 0 Å². The number of ketones is 1. The predicted octanol–water partition coefficient (Wildman–Crippen LogP) is 2.20. The minimum atomic E-state index is -2.15. The van der Waals surface area contributed by atoms with Gasteiger partial charge in [-0.05, 0) is 44.5 Å². The van der Waals surface area contributed by atoms with Crippen LogP contribution >= 0.6 is 0 Å². The van der Waals surface area contributed by atoms with Crippen LogP contribution < -0.4 is 0 Å². The van der Waals surface area contributed by atoms with Crippen LogP contribution in [0.3, 0.4) is 0 Å². The number of hydrogen-bond donors (Lipinski definition) is 1. The van der Waals surface area contributed by atoms with E-state index in [1.807, 2.05) is 12.1 Å². The lowest BCUT2D eigenvalue weighted by atomic mass is 10.0. The molecule has 0 fully saturated rings. The molecular weight excluding hydrogens is 392 g/mol. The molecule has 2 aromatic carbocycles. The van der Waals surface area contributed by atoms with E-state index < -0.39 is 48.1 Å². The van der Waals surface area contributed by atoms with E-state index in [1.165, 1.54) is 26.0 Å². The molecule has 0 unspecified atom stereocenters. The number of aliphatic hydroxyl groups is 1. The smallest absolute Gasteiger partial charge is 0.380 e. The van der Waals surface area contributed by atoms with Gasteiger partial charge in [0.25, 0.3) is 5.78 Å². The number of hydrogen-bond acceptors (Lipinski definition) is 8. The van der Waals surface area contributed by atoms with Gasteiger partial charge in [0, 0.05) is 5.56 Å². The van der Waals surface area contributed by atoms with Crippen molar-refractivity contribution in [2.45, 2.75) is 52.1 Å². The van der Waals surface area contributed by atoms with Gasteiger partial charge in [-0.1, -0.05) is 36.4 Å². The summed E-state index contributed by atoms with van der Waals surface area (Å²) in [6.45, 7) is 6.16. The molecule has 0 saturated carbocycles. The van der Waals surface area contributed by atoms with Crippen LogP contribution in [0.5, 0.6) is 0 Å². The van der Waals surface area contributed by atoms with Crippen molar-refractivity contribution >= 4 is 34.5 Å². The molecule has 1 N–H and O–H groups in total. The summed E-state index contributed by atoms with van der Waals surface area (Å²) in [7, 11) is 0. The molecule has 0 aliphatic rings. The molecule has 2 atom stereocenters. The fourth-order valence-electron chi connectivity index (χ4n) is 2.58. The number of carbonyl (C=O) groups is 4. The standard InChI is InChI=1S/C22H24O8/c1-12(2)28-21(26)18(24)19(22(27)29-13(3)4)30-20(25)17(23)16-10-9-14-7-5-6-8-15(14)11-16/h5-13,18-19,24H,1-4H3/t18-,19-/m1/s1. The van der Waals surface area contributed by atoms with Crippen molar-refractivity contribution in [3.8, 4) is 0 Å². The van der Waals surface area contributed by atoms with Crippen molar-refractivity contribution in [3.05, 3.63) is 48.0 Å². The third-order valence-corrected chi connectivity index (χ3v) is 3.90. The molecule has 0 aliphatic heterocycles. The van der Waals surface area contributed by atoms with Gasteiger partial charge < -0.3 is 19.3 Å². The largest absolute Gasteiger partial charge is 0.461 e. The fourth-order valence-corrected chi connectivity index (χ4v) is 2.58. The highest BCUT2D eigenvalue weighted by Crippen LogP contribution is 2.17. The van der Waals surface area contributed by atoms with E-state index >= 15 is 0 Å². The van der Waals surface area contributed by atoms with Gasteiger partial charge in [0.05, 0.1) is 12.2 Å². The number of aliphatic hydroxyl groups excluding tert-OH is 1. The third-order valence-electron chi connectivity index (χ3n) is 3.90. The number of esters is 3. The summed E-state index contributed by atoms with van der Waals surface area (Å²) in [4.78, 5) is 49.2. The van der Waals surface area contributed by atoms with E-state index in [-0.39, 0.29) is 5.56 Å². The average Bonchev–Trinajstić information content (AvgIpc) is 2.69. The Balaban J connectivity index is 2.23. The van der Waals surface area contributed by atoms with Gasteiger partial charge in [-0.15, -0.1) is 0 Å². The first-order chi connectivity index (χ1) is 14.1. The van der Waals surface area contributed by atoms with Crippen molar-refractivity contribution < 1.29 is 38.5 Å². The molecule has 0 bridgehead atoms. The van der Waals surface area contributed by atoms with E-state index in [4.69, 9.17) is 14.2 Å². The zero-order chi connectivity index (χ0) is 22.4. The average molecular weight is 416 g/mol. The van der Waals surface area contributed by atoms with Crippen LogP contribution in [0.1, 0.15) is 38.1 Å². The Hall–Kier alpha value is -3.26. The number of carbonyl (C=O) groups excluding carboxylic acids is 4. The topological polar surface area (TPSA) is 116 Å². The van der Waals surface area contributed by atoms with E-state index in [2.05, 4.69) is 0 Å². The Kier molecular flexibility index (Phi) is 7.66. The lowest BCUT2D eigenvalue weighted by Crippen LogP contribution is -2.46. The van der Waals surface area contributed by atoms with Crippen molar-refractivity contribution in [1.29, 1.82) is 0 Å². The second-order valence-electron chi connectivity index (χ2n) is 7.13. The lowest BCUT2D eigenvalue weighted by molar-refractivity contribution is -0.185. The highest BCUT2D eigenvalue weighted by molar-refractivity contribution is 6.41. The van der Waals surface area contributed by atoms with Gasteiger partial charge in [0.2, 0.25) is 6.10 Å². The van der Waals surface area contributed by atoms with Crippen LogP contribution in [0.25, 0.3) is 10.8 Å². The van der Waals surface area contributed by atoms with E-state index in [1.54, 1.807) is 32.0 Å². The summed E-state index contributed by atoms with van der Waals surface area (Å²) in [5.74, 6) is -4.79. The normalized spacial score (nSPS) is 13.0. The quantitative estimate of drug-likeness (QED) is 0.301. The minimum absolute atomic E-state index is 0.0360. The molecule has 8 nitrogen and oxygen atoms in total.